The Balaban J connectivity index is 2.10. The number of carbonyl (C=O) groups excluding carboxylic acids is 2. The first-order valence-electron chi connectivity index (χ1n) is 12.2. The Bertz CT molecular complexity index is 1380. The Morgan fingerprint density at radius 3 is 2.26 bits per heavy atom. The number of likely N-dealkylation sites (N-methyl/N-ethyl adjacent to an activating group) is 1. The lowest BCUT2D eigenvalue weighted by atomic mass is 10.1. The van der Waals surface area contributed by atoms with Gasteiger partial charge in [0, 0.05) is 13.1 Å². The number of hydrogen-bond donors (Lipinski definition) is 1. The standard InChI is InChI=1S/C28H31Cl2N3O4S/c1-4-24(28(35)31-5-2)32(18-21-12-9-11-20(3)17-21)26(34)19-33(25-16-10-15-23(29)27(25)30)38(36,37)22-13-7-6-8-14-22/h6-17,24H,4-5,18-19H2,1-3H3,(H,31,35). The van der Waals surface area contributed by atoms with Gasteiger partial charge in [0.1, 0.15) is 12.6 Å². The fraction of sp³-hybridized carbons (Fsp3) is 0.286. The maximum Gasteiger partial charge on any atom is 0.264 e. The van der Waals surface area contributed by atoms with Crippen molar-refractivity contribution in [1.82, 2.24) is 10.2 Å². The van der Waals surface area contributed by atoms with Crippen molar-refractivity contribution >= 4 is 50.7 Å². The summed E-state index contributed by atoms with van der Waals surface area (Å²) in [7, 11) is -4.22. The molecule has 0 bridgehead atoms. The average molecular weight is 577 g/mol. The molecule has 0 aliphatic carbocycles. The van der Waals surface area contributed by atoms with E-state index in [9.17, 15) is 18.0 Å². The number of nitrogens with zero attached hydrogens (tertiary/aromatic N) is 2. The summed E-state index contributed by atoms with van der Waals surface area (Å²) in [5.41, 5.74) is 1.89. The van der Waals surface area contributed by atoms with Crippen LogP contribution >= 0.6 is 23.2 Å². The summed E-state index contributed by atoms with van der Waals surface area (Å²) in [5, 5.41) is 2.93. The zero-order chi connectivity index (χ0) is 27.9. The lowest BCUT2D eigenvalue weighted by Crippen LogP contribution is -2.52. The maximum atomic E-state index is 14.0. The second-order valence-corrected chi connectivity index (χ2v) is 11.4. The van der Waals surface area contributed by atoms with Crippen molar-refractivity contribution in [3.8, 4) is 0 Å². The zero-order valence-corrected chi connectivity index (χ0v) is 23.9. The van der Waals surface area contributed by atoms with Crippen molar-refractivity contribution in [2.75, 3.05) is 17.4 Å². The summed E-state index contributed by atoms with van der Waals surface area (Å²) in [6.07, 6.45) is 0.340. The molecule has 3 aromatic rings. The van der Waals surface area contributed by atoms with E-state index in [0.717, 1.165) is 15.4 Å². The normalized spacial score (nSPS) is 12.0. The molecule has 3 aromatic carbocycles. The number of aryl methyl sites for hydroxylation is 1. The van der Waals surface area contributed by atoms with Crippen molar-refractivity contribution in [2.24, 2.45) is 0 Å². The topological polar surface area (TPSA) is 86.8 Å². The van der Waals surface area contributed by atoms with Gasteiger partial charge >= 0.3 is 0 Å². The Morgan fingerprint density at radius 1 is 0.947 bits per heavy atom. The van der Waals surface area contributed by atoms with Gasteiger partial charge in [-0.05, 0) is 50.1 Å². The van der Waals surface area contributed by atoms with Crippen LogP contribution in [-0.2, 0) is 26.2 Å². The lowest BCUT2D eigenvalue weighted by molar-refractivity contribution is -0.140. The highest BCUT2D eigenvalue weighted by atomic mass is 35.5. The van der Waals surface area contributed by atoms with E-state index in [4.69, 9.17) is 23.2 Å². The minimum absolute atomic E-state index is 0.00229. The highest BCUT2D eigenvalue weighted by molar-refractivity contribution is 7.92. The quantitative estimate of drug-likeness (QED) is 0.330. The fourth-order valence-electron chi connectivity index (χ4n) is 4.14. The molecule has 1 N–H and O–H groups in total. The molecule has 0 radical (unpaired) electrons. The second kappa shape index (κ2) is 13.1. The number of hydrogen-bond acceptors (Lipinski definition) is 4. The highest BCUT2D eigenvalue weighted by Crippen LogP contribution is 2.35. The molecule has 3 rings (SSSR count). The van der Waals surface area contributed by atoms with Crippen molar-refractivity contribution in [3.05, 3.63) is 94.0 Å². The smallest absolute Gasteiger partial charge is 0.264 e. The van der Waals surface area contributed by atoms with Crippen molar-refractivity contribution in [3.63, 3.8) is 0 Å². The molecule has 0 saturated carbocycles. The third-order valence-electron chi connectivity index (χ3n) is 5.98. The van der Waals surface area contributed by atoms with E-state index in [-0.39, 0.29) is 33.1 Å². The van der Waals surface area contributed by atoms with Gasteiger partial charge in [0.2, 0.25) is 11.8 Å². The van der Waals surface area contributed by atoms with E-state index >= 15 is 0 Å². The Kier molecular flexibility index (Phi) is 10.2. The summed E-state index contributed by atoms with van der Waals surface area (Å²) in [6, 6.07) is 19.2. The van der Waals surface area contributed by atoms with Crippen LogP contribution in [0.1, 0.15) is 31.4 Å². The number of carbonyl (C=O) groups is 2. The average Bonchev–Trinajstić information content (AvgIpc) is 2.89. The minimum atomic E-state index is -4.22. The molecule has 1 atom stereocenters. The van der Waals surface area contributed by atoms with Crippen LogP contribution in [0, 0.1) is 6.92 Å². The van der Waals surface area contributed by atoms with E-state index in [1.807, 2.05) is 38.1 Å². The van der Waals surface area contributed by atoms with Gasteiger partial charge in [-0.3, -0.25) is 13.9 Å². The SMILES string of the molecule is CCNC(=O)C(CC)N(Cc1cccc(C)c1)C(=O)CN(c1cccc(Cl)c1Cl)S(=O)(=O)c1ccccc1. The molecule has 7 nitrogen and oxygen atoms in total. The summed E-state index contributed by atoms with van der Waals surface area (Å²) in [4.78, 5) is 28.4. The number of benzene rings is 3. The molecular weight excluding hydrogens is 545 g/mol. The molecule has 0 aliphatic rings. The van der Waals surface area contributed by atoms with E-state index in [1.54, 1.807) is 31.2 Å². The lowest BCUT2D eigenvalue weighted by Gasteiger charge is -2.33. The van der Waals surface area contributed by atoms with Gasteiger partial charge in [-0.1, -0.05) is 84.2 Å². The van der Waals surface area contributed by atoms with E-state index < -0.39 is 28.5 Å². The van der Waals surface area contributed by atoms with E-state index in [2.05, 4.69) is 5.32 Å². The third kappa shape index (κ3) is 6.87. The van der Waals surface area contributed by atoms with Crippen LogP contribution < -0.4 is 9.62 Å². The van der Waals surface area contributed by atoms with Gasteiger partial charge < -0.3 is 10.2 Å². The zero-order valence-electron chi connectivity index (χ0n) is 21.5. The molecule has 38 heavy (non-hydrogen) atoms. The Hall–Kier alpha value is -3.07. The molecule has 202 valence electrons. The highest BCUT2D eigenvalue weighted by Gasteiger charge is 2.34. The first-order valence-corrected chi connectivity index (χ1v) is 14.4. The first kappa shape index (κ1) is 29.5. The molecule has 0 fully saturated rings. The van der Waals surface area contributed by atoms with Crippen LogP contribution in [0.15, 0.2) is 77.7 Å². The molecule has 0 aliphatic heterocycles. The van der Waals surface area contributed by atoms with Crippen LogP contribution in [0.5, 0.6) is 0 Å². The van der Waals surface area contributed by atoms with Gasteiger partial charge in [0.15, 0.2) is 0 Å². The second-order valence-electron chi connectivity index (χ2n) is 8.73. The van der Waals surface area contributed by atoms with Gasteiger partial charge in [-0.2, -0.15) is 0 Å². The monoisotopic (exact) mass is 575 g/mol. The molecule has 0 heterocycles. The molecule has 1 unspecified atom stereocenters. The third-order valence-corrected chi connectivity index (χ3v) is 8.57. The largest absolute Gasteiger partial charge is 0.355 e. The predicted octanol–water partition coefficient (Wildman–Crippen LogP) is 5.44. The molecular formula is C28H31Cl2N3O4S. The number of amides is 2. The number of anilines is 1. The van der Waals surface area contributed by atoms with Crippen LogP contribution in [0.3, 0.4) is 0 Å². The minimum Gasteiger partial charge on any atom is -0.355 e. The maximum absolute atomic E-state index is 14.0. The number of halogens is 2. The Labute approximate surface area is 234 Å². The predicted molar refractivity (Wildman–Crippen MR) is 152 cm³/mol. The van der Waals surface area contributed by atoms with Crippen LogP contribution in [-0.4, -0.2) is 44.3 Å². The van der Waals surface area contributed by atoms with Gasteiger partial charge in [-0.15, -0.1) is 0 Å². The van der Waals surface area contributed by atoms with Gasteiger partial charge in [0.25, 0.3) is 10.0 Å². The fourth-order valence-corrected chi connectivity index (χ4v) is 6.03. The van der Waals surface area contributed by atoms with Crippen molar-refractivity contribution in [1.29, 1.82) is 0 Å². The van der Waals surface area contributed by atoms with Crippen molar-refractivity contribution < 1.29 is 18.0 Å². The first-order chi connectivity index (χ1) is 18.1. The summed E-state index contributed by atoms with van der Waals surface area (Å²) in [5.74, 6) is -0.866. The molecule has 0 aromatic heterocycles. The number of nitrogens with one attached hydrogen (secondary N) is 1. The summed E-state index contributed by atoms with van der Waals surface area (Å²) in [6.45, 7) is 5.48. The van der Waals surface area contributed by atoms with Crippen LogP contribution in [0.4, 0.5) is 5.69 Å². The molecule has 0 saturated heterocycles. The van der Waals surface area contributed by atoms with Crippen LogP contribution in [0.2, 0.25) is 10.0 Å². The summed E-state index contributed by atoms with van der Waals surface area (Å²) < 4.78 is 28.6. The van der Waals surface area contributed by atoms with Gasteiger partial charge in [-0.25, -0.2) is 8.42 Å². The van der Waals surface area contributed by atoms with E-state index in [1.165, 1.54) is 29.2 Å². The number of rotatable bonds is 11. The molecule has 0 spiro atoms. The summed E-state index contributed by atoms with van der Waals surface area (Å²) >= 11 is 12.7. The van der Waals surface area contributed by atoms with E-state index in [0.29, 0.717) is 13.0 Å². The molecule has 2 amide bonds. The van der Waals surface area contributed by atoms with Gasteiger partial charge in [0.05, 0.1) is 20.6 Å². The number of sulfonamides is 1. The van der Waals surface area contributed by atoms with Crippen LogP contribution in [0.25, 0.3) is 0 Å². The Morgan fingerprint density at radius 2 is 1.63 bits per heavy atom. The molecule has 10 heteroatoms. The van der Waals surface area contributed by atoms with Crippen molar-refractivity contribution in [2.45, 2.75) is 44.7 Å².